The SMILES string of the molecule is Cc1cc2c(cc1C)C(=O)c1c(C)ccc(C)c1C2=O. The predicted molar refractivity (Wildman–Crippen MR) is 78.7 cm³/mol. The van der Waals surface area contributed by atoms with Crippen molar-refractivity contribution >= 4 is 11.6 Å². The molecule has 20 heavy (non-hydrogen) atoms. The van der Waals surface area contributed by atoms with Gasteiger partial charge in [-0.05, 0) is 62.1 Å². The van der Waals surface area contributed by atoms with Gasteiger partial charge in [0.2, 0.25) is 0 Å². The van der Waals surface area contributed by atoms with E-state index in [-0.39, 0.29) is 11.6 Å². The molecule has 0 spiro atoms. The summed E-state index contributed by atoms with van der Waals surface area (Å²) in [6.07, 6.45) is 0. The normalized spacial score (nSPS) is 13.2. The van der Waals surface area contributed by atoms with Crippen LogP contribution in [0.15, 0.2) is 24.3 Å². The van der Waals surface area contributed by atoms with E-state index in [1.165, 1.54) is 0 Å². The largest absolute Gasteiger partial charge is 0.289 e. The van der Waals surface area contributed by atoms with E-state index >= 15 is 0 Å². The van der Waals surface area contributed by atoms with E-state index in [0.717, 1.165) is 22.3 Å². The maximum Gasteiger partial charge on any atom is 0.194 e. The first-order valence-corrected chi connectivity index (χ1v) is 6.72. The standard InChI is InChI=1S/C18H16O2/c1-9-5-6-10(2)16-15(9)17(19)13-7-11(3)12(4)8-14(13)18(16)20/h5-8H,1-4H3. The first kappa shape index (κ1) is 12.8. The molecule has 1 aliphatic carbocycles. The summed E-state index contributed by atoms with van der Waals surface area (Å²) < 4.78 is 0. The van der Waals surface area contributed by atoms with Crippen molar-refractivity contribution in [3.63, 3.8) is 0 Å². The molecule has 2 aromatic carbocycles. The first-order chi connectivity index (χ1) is 9.41. The van der Waals surface area contributed by atoms with Gasteiger partial charge < -0.3 is 0 Å². The minimum atomic E-state index is -0.0288. The summed E-state index contributed by atoms with van der Waals surface area (Å²) in [6, 6.07) is 7.50. The topological polar surface area (TPSA) is 34.1 Å². The fraction of sp³-hybridized carbons (Fsp3) is 0.222. The molecule has 2 nitrogen and oxygen atoms in total. The lowest BCUT2D eigenvalue weighted by Gasteiger charge is -2.22. The maximum atomic E-state index is 12.7. The van der Waals surface area contributed by atoms with Gasteiger partial charge in [0.1, 0.15) is 0 Å². The third-order valence-electron chi connectivity index (χ3n) is 4.20. The molecule has 0 radical (unpaired) electrons. The van der Waals surface area contributed by atoms with Gasteiger partial charge in [-0.25, -0.2) is 0 Å². The highest BCUT2D eigenvalue weighted by atomic mass is 16.1. The Bertz CT molecular complexity index is 716. The second-order valence-corrected chi connectivity index (χ2v) is 5.59. The Kier molecular flexibility index (Phi) is 2.65. The van der Waals surface area contributed by atoms with Crippen LogP contribution in [0.5, 0.6) is 0 Å². The molecule has 0 N–H and O–H groups in total. The number of fused-ring (bicyclic) bond motifs is 2. The quantitative estimate of drug-likeness (QED) is 0.620. The summed E-state index contributed by atoms with van der Waals surface area (Å²) in [4.78, 5) is 25.5. The fourth-order valence-corrected chi connectivity index (χ4v) is 2.86. The average Bonchev–Trinajstić information content (AvgIpc) is 2.41. The van der Waals surface area contributed by atoms with Gasteiger partial charge in [0.05, 0.1) is 0 Å². The summed E-state index contributed by atoms with van der Waals surface area (Å²) in [7, 11) is 0. The summed E-state index contributed by atoms with van der Waals surface area (Å²) in [5.74, 6) is -0.0576. The second-order valence-electron chi connectivity index (χ2n) is 5.59. The smallest absolute Gasteiger partial charge is 0.194 e. The minimum absolute atomic E-state index is 0.0288. The molecule has 3 rings (SSSR count). The van der Waals surface area contributed by atoms with Crippen molar-refractivity contribution in [2.24, 2.45) is 0 Å². The summed E-state index contributed by atoms with van der Waals surface area (Å²) in [6.45, 7) is 7.70. The van der Waals surface area contributed by atoms with Crippen LogP contribution < -0.4 is 0 Å². The lowest BCUT2D eigenvalue weighted by atomic mass is 9.79. The van der Waals surface area contributed by atoms with Crippen LogP contribution in [0.1, 0.15) is 54.1 Å². The molecule has 0 unspecified atom stereocenters. The summed E-state index contributed by atoms with van der Waals surface area (Å²) in [5, 5.41) is 0. The number of rotatable bonds is 0. The van der Waals surface area contributed by atoms with E-state index in [2.05, 4.69) is 0 Å². The van der Waals surface area contributed by atoms with Crippen LogP contribution in [0, 0.1) is 27.7 Å². The molecular weight excluding hydrogens is 248 g/mol. The molecule has 0 aliphatic heterocycles. The Morgan fingerprint density at radius 1 is 0.600 bits per heavy atom. The number of carbonyl (C=O) groups is 2. The van der Waals surface area contributed by atoms with Crippen LogP contribution in [-0.2, 0) is 0 Å². The number of hydrogen-bond acceptors (Lipinski definition) is 2. The van der Waals surface area contributed by atoms with Gasteiger partial charge in [-0.15, -0.1) is 0 Å². The number of carbonyl (C=O) groups excluding carboxylic acids is 2. The zero-order chi connectivity index (χ0) is 14.6. The third kappa shape index (κ3) is 1.58. The molecule has 0 bridgehead atoms. The van der Waals surface area contributed by atoms with Gasteiger partial charge in [0.25, 0.3) is 0 Å². The number of benzene rings is 2. The van der Waals surface area contributed by atoms with Crippen molar-refractivity contribution in [1.29, 1.82) is 0 Å². The highest BCUT2D eigenvalue weighted by Crippen LogP contribution is 2.32. The average molecular weight is 264 g/mol. The zero-order valence-electron chi connectivity index (χ0n) is 12.1. The molecule has 2 heteroatoms. The Labute approximate surface area is 118 Å². The zero-order valence-corrected chi connectivity index (χ0v) is 12.1. The predicted octanol–water partition coefficient (Wildman–Crippen LogP) is 3.70. The van der Waals surface area contributed by atoms with Crippen molar-refractivity contribution in [3.05, 3.63) is 68.8 Å². The van der Waals surface area contributed by atoms with Gasteiger partial charge in [0, 0.05) is 22.3 Å². The molecule has 0 saturated heterocycles. The van der Waals surface area contributed by atoms with Gasteiger partial charge in [-0.1, -0.05) is 12.1 Å². The first-order valence-electron chi connectivity index (χ1n) is 6.72. The Morgan fingerprint density at radius 3 is 1.30 bits per heavy atom. The molecule has 0 amide bonds. The second kappa shape index (κ2) is 4.14. The van der Waals surface area contributed by atoms with Crippen molar-refractivity contribution < 1.29 is 9.59 Å². The fourth-order valence-electron chi connectivity index (χ4n) is 2.86. The molecule has 0 fully saturated rings. The van der Waals surface area contributed by atoms with E-state index in [4.69, 9.17) is 0 Å². The van der Waals surface area contributed by atoms with Gasteiger partial charge in [-0.2, -0.15) is 0 Å². The monoisotopic (exact) mass is 264 g/mol. The van der Waals surface area contributed by atoms with Gasteiger partial charge in [-0.3, -0.25) is 9.59 Å². The van der Waals surface area contributed by atoms with Gasteiger partial charge >= 0.3 is 0 Å². The van der Waals surface area contributed by atoms with Crippen molar-refractivity contribution in [2.45, 2.75) is 27.7 Å². The highest BCUT2D eigenvalue weighted by Gasteiger charge is 2.32. The van der Waals surface area contributed by atoms with E-state index in [0.29, 0.717) is 22.3 Å². The minimum Gasteiger partial charge on any atom is -0.289 e. The van der Waals surface area contributed by atoms with Crippen LogP contribution in [0.25, 0.3) is 0 Å². The summed E-state index contributed by atoms with van der Waals surface area (Å²) in [5.41, 5.74) is 6.05. The number of ketones is 2. The van der Waals surface area contributed by atoms with Gasteiger partial charge in [0.15, 0.2) is 11.6 Å². The van der Waals surface area contributed by atoms with Crippen LogP contribution >= 0.6 is 0 Å². The number of hydrogen-bond donors (Lipinski definition) is 0. The maximum absolute atomic E-state index is 12.7. The molecule has 0 atom stereocenters. The van der Waals surface area contributed by atoms with E-state index in [9.17, 15) is 9.59 Å². The van der Waals surface area contributed by atoms with E-state index < -0.39 is 0 Å². The molecule has 1 aliphatic rings. The van der Waals surface area contributed by atoms with Crippen LogP contribution in [0.3, 0.4) is 0 Å². The molecular formula is C18H16O2. The molecule has 0 heterocycles. The summed E-state index contributed by atoms with van der Waals surface area (Å²) >= 11 is 0. The lowest BCUT2D eigenvalue weighted by molar-refractivity contribution is 0.0978. The Balaban J connectivity index is 2.40. The van der Waals surface area contributed by atoms with Crippen molar-refractivity contribution in [3.8, 4) is 0 Å². The van der Waals surface area contributed by atoms with Crippen molar-refractivity contribution in [1.82, 2.24) is 0 Å². The van der Waals surface area contributed by atoms with Crippen molar-refractivity contribution in [2.75, 3.05) is 0 Å². The number of aryl methyl sites for hydroxylation is 4. The van der Waals surface area contributed by atoms with Crippen LogP contribution in [-0.4, -0.2) is 11.6 Å². The third-order valence-corrected chi connectivity index (χ3v) is 4.20. The molecule has 100 valence electrons. The molecule has 2 aromatic rings. The van der Waals surface area contributed by atoms with Crippen LogP contribution in [0.2, 0.25) is 0 Å². The van der Waals surface area contributed by atoms with E-state index in [1.807, 2.05) is 52.0 Å². The Hall–Kier alpha value is -2.22. The molecule has 0 aromatic heterocycles. The highest BCUT2D eigenvalue weighted by molar-refractivity contribution is 6.29. The lowest BCUT2D eigenvalue weighted by Crippen LogP contribution is -2.23. The van der Waals surface area contributed by atoms with Crippen LogP contribution in [0.4, 0.5) is 0 Å². The Morgan fingerprint density at radius 2 is 0.950 bits per heavy atom. The molecule has 0 saturated carbocycles. The van der Waals surface area contributed by atoms with E-state index in [1.54, 1.807) is 0 Å².